The molecule has 16 heavy (non-hydrogen) atoms. The summed E-state index contributed by atoms with van der Waals surface area (Å²) in [6, 6.07) is 0.864. The van der Waals surface area contributed by atoms with E-state index < -0.39 is 0 Å². The van der Waals surface area contributed by atoms with E-state index in [-0.39, 0.29) is 0 Å². The van der Waals surface area contributed by atoms with Crippen LogP contribution in [0, 0.1) is 0 Å². The molecular formula is C14H30N2. The molecule has 1 rings (SSSR count). The monoisotopic (exact) mass is 226 g/mol. The molecular weight excluding hydrogens is 196 g/mol. The molecule has 1 aliphatic heterocycles. The third-order valence-electron chi connectivity index (χ3n) is 3.82. The van der Waals surface area contributed by atoms with Gasteiger partial charge < -0.3 is 9.80 Å². The number of likely N-dealkylation sites (tertiary alicyclic amines) is 1. The van der Waals surface area contributed by atoms with Gasteiger partial charge in [-0.3, -0.25) is 0 Å². The number of unbranched alkanes of at least 4 members (excludes halogenated alkanes) is 1. The number of rotatable bonds is 7. The van der Waals surface area contributed by atoms with E-state index in [1.54, 1.807) is 0 Å². The van der Waals surface area contributed by atoms with Crippen molar-refractivity contribution in [2.75, 3.05) is 32.7 Å². The molecule has 2 nitrogen and oxygen atoms in total. The van der Waals surface area contributed by atoms with Crippen molar-refractivity contribution in [3.05, 3.63) is 0 Å². The van der Waals surface area contributed by atoms with Crippen LogP contribution in [-0.2, 0) is 0 Å². The molecule has 1 fully saturated rings. The minimum atomic E-state index is 0.864. The summed E-state index contributed by atoms with van der Waals surface area (Å²) in [5, 5.41) is 0. The predicted molar refractivity (Wildman–Crippen MR) is 71.9 cm³/mol. The maximum Gasteiger partial charge on any atom is 0.0119 e. The average molecular weight is 226 g/mol. The second-order valence-corrected chi connectivity index (χ2v) is 5.05. The summed E-state index contributed by atoms with van der Waals surface area (Å²) in [6.07, 6.45) is 6.77. The molecule has 0 spiro atoms. The van der Waals surface area contributed by atoms with Gasteiger partial charge in [0.25, 0.3) is 0 Å². The first kappa shape index (κ1) is 14.0. The van der Waals surface area contributed by atoms with E-state index in [9.17, 15) is 0 Å². The number of nitrogens with zero attached hydrogens (tertiary/aromatic N) is 2. The Morgan fingerprint density at radius 2 is 1.75 bits per heavy atom. The van der Waals surface area contributed by atoms with Gasteiger partial charge in [0, 0.05) is 6.04 Å². The van der Waals surface area contributed by atoms with Gasteiger partial charge in [0.05, 0.1) is 0 Å². The highest BCUT2D eigenvalue weighted by molar-refractivity contribution is 4.79. The summed E-state index contributed by atoms with van der Waals surface area (Å²) >= 11 is 0. The van der Waals surface area contributed by atoms with Crippen molar-refractivity contribution in [1.82, 2.24) is 9.80 Å². The van der Waals surface area contributed by atoms with E-state index in [2.05, 4.69) is 30.6 Å². The summed E-state index contributed by atoms with van der Waals surface area (Å²) in [4.78, 5) is 5.33. The van der Waals surface area contributed by atoms with E-state index in [0.29, 0.717) is 0 Å². The lowest BCUT2D eigenvalue weighted by atomic mass is 10.0. The van der Waals surface area contributed by atoms with Crippen molar-refractivity contribution in [2.24, 2.45) is 0 Å². The van der Waals surface area contributed by atoms with Gasteiger partial charge in [0.2, 0.25) is 0 Å². The van der Waals surface area contributed by atoms with Crippen LogP contribution in [-0.4, -0.2) is 48.6 Å². The normalized spacial score (nSPS) is 19.5. The number of hydrogen-bond donors (Lipinski definition) is 0. The van der Waals surface area contributed by atoms with Gasteiger partial charge in [-0.25, -0.2) is 0 Å². The third-order valence-corrected chi connectivity index (χ3v) is 3.82. The summed E-state index contributed by atoms with van der Waals surface area (Å²) in [7, 11) is 0. The fourth-order valence-corrected chi connectivity index (χ4v) is 2.78. The molecule has 0 amide bonds. The molecule has 0 radical (unpaired) electrons. The van der Waals surface area contributed by atoms with Crippen LogP contribution in [0.3, 0.4) is 0 Å². The van der Waals surface area contributed by atoms with E-state index in [0.717, 1.165) is 6.04 Å². The zero-order valence-electron chi connectivity index (χ0n) is 11.5. The lowest BCUT2D eigenvalue weighted by Crippen LogP contribution is -2.45. The van der Waals surface area contributed by atoms with E-state index in [1.165, 1.54) is 64.8 Å². The highest BCUT2D eigenvalue weighted by Gasteiger charge is 2.22. The lowest BCUT2D eigenvalue weighted by molar-refractivity contribution is 0.111. The van der Waals surface area contributed by atoms with Gasteiger partial charge in [-0.05, 0) is 58.4 Å². The van der Waals surface area contributed by atoms with Gasteiger partial charge in [0.1, 0.15) is 0 Å². The first-order valence-corrected chi connectivity index (χ1v) is 7.28. The molecule has 1 aliphatic rings. The molecule has 0 aromatic heterocycles. The molecule has 0 aromatic rings. The van der Waals surface area contributed by atoms with Crippen molar-refractivity contribution in [2.45, 2.75) is 58.9 Å². The maximum atomic E-state index is 2.68. The molecule has 1 heterocycles. The van der Waals surface area contributed by atoms with Gasteiger partial charge in [0.15, 0.2) is 0 Å². The Kier molecular flexibility index (Phi) is 7.06. The lowest BCUT2D eigenvalue weighted by Gasteiger charge is -2.38. The minimum absolute atomic E-state index is 0.864. The van der Waals surface area contributed by atoms with Gasteiger partial charge in [-0.2, -0.15) is 0 Å². The minimum Gasteiger partial charge on any atom is -0.303 e. The topological polar surface area (TPSA) is 6.48 Å². The molecule has 0 N–H and O–H groups in total. The van der Waals surface area contributed by atoms with Gasteiger partial charge in [-0.1, -0.05) is 27.2 Å². The molecule has 96 valence electrons. The predicted octanol–water partition coefficient (Wildman–Crippen LogP) is 2.98. The number of piperidine rings is 1. The van der Waals surface area contributed by atoms with Crippen molar-refractivity contribution >= 4 is 0 Å². The van der Waals surface area contributed by atoms with Crippen molar-refractivity contribution in [3.8, 4) is 0 Å². The van der Waals surface area contributed by atoms with Crippen LogP contribution in [0.1, 0.15) is 52.9 Å². The van der Waals surface area contributed by atoms with Crippen LogP contribution in [0.4, 0.5) is 0 Å². The Morgan fingerprint density at radius 1 is 1.06 bits per heavy atom. The van der Waals surface area contributed by atoms with Gasteiger partial charge >= 0.3 is 0 Å². The van der Waals surface area contributed by atoms with E-state index >= 15 is 0 Å². The fourth-order valence-electron chi connectivity index (χ4n) is 2.78. The van der Waals surface area contributed by atoms with Crippen LogP contribution >= 0.6 is 0 Å². The largest absolute Gasteiger partial charge is 0.303 e. The molecule has 0 atom stereocenters. The Hall–Kier alpha value is -0.0800. The SMILES string of the molecule is CCCCN1CCC(N(CC)CCC)CC1. The summed E-state index contributed by atoms with van der Waals surface area (Å²) in [6.45, 7) is 13.4. The standard InChI is InChI=1S/C14H30N2/c1-4-7-11-15-12-8-14(9-13-15)16(6-3)10-5-2/h14H,4-13H2,1-3H3. The zero-order chi connectivity index (χ0) is 11.8. The number of hydrogen-bond acceptors (Lipinski definition) is 2. The average Bonchev–Trinajstić information content (AvgIpc) is 2.34. The van der Waals surface area contributed by atoms with E-state index in [1.807, 2.05) is 0 Å². The second kappa shape index (κ2) is 8.08. The molecule has 2 heteroatoms. The van der Waals surface area contributed by atoms with E-state index in [4.69, 9.17) is 0 Å². The zero-order valence-corrected chi connectivity index (χ0v) is 11.5. The van der Waals surface area contributed by atoms with Crippen molar-refractivity contribution in [1.29, 1.82) is 0 Å². The molecule has 1 saturated heterocycles. The smallest absolute Gasteiger partial charge is 0.0119 e. The quantitative estimate of drug-likeness (QED) is 0.658. The molecule has 0 unspecified atom stereocenters. The highest BCUT2D eigenvalue weighted by Crippen LogP contribution is 2.17. The van der Waals surface area contributed by atoms with Crippen molar-refractivity contribution < 1.29 is 0 Å². The Bertz CT molecular complexity index is 162. The molecule has 0 aliphatic carbocycles. The second-order valence-electron chi connectivity index (χ2n) is 5.05. The molecule has 0 bridgehead atoms. The Morgan fingerprint density at radius 3 is 2.25 bits per heavy atom. The highest BCUT2D eigenvalue weighted by atomic mass is 15.2. The van der Waals surface area contributed by atoms with Crippen LogP contribution in [0.2, 0.25) is 0 Å². The first-order chi connectivity index (χ1) is 7.81. The Labute approximate surface area is 102 Å². The summed E-state index contributed by atoms with van der Waals surface area (Å²) in [5.41, 5.74) is 0. The van der Waals surface area contributed by atoms with Crippen LogP contribution in [0.25, 0.3) is 0 Å². The Balaban J connectivity index is 2.24. The summed E-state index contributed by atoms with van der Waals surface area (Å²) < 4.78 is 0. The molecule has 0 aromatic carbocycles. The third kappa shape index (κ3) is 4.42. The fraction of sp³-hybridized carbons (Fsp3) is 1.00. The molecule has 0 saturated carbocycles. The first-order valence-electron chi connectivity index (χ1n) is 7.28. The van der Waals surface area contributed by atoms with Crippen LogP contribution in [0.15, 0.2) is 0 Å². The maximum absolute atomic E-state index is 2.68. The van der Waals surface area contributed by atoms with Crippen LogP contribution < -0.4 is 0 Å². The van der Waals surface area contributed by atoms with Crippen molar-refractivity contribution in [3.63, 3.8) is 0 Å². The van der Waals surface area contributed by atoms with Gasteiger partial charge in [-0.15, -0.1) is 0 Å². The summed E-state index contributed by atoms with van der Waals surface area (Å²) in [5.74, 6) is 0. The van der Waals surface area contributed by atoms with Crippen LogP contribution in [0.5, 0.6) is 0 Å².